The second-order valence-corrected chi connectivity index (χ2v) is 9.49. The highest BCUT2D eigenvalue weighted by Gasteiger charge is 2.40. The van der Waals surface area contributed by atoms with E-state index >= 15 is 0 Å². The van der Waals surface area contributed by atoms with Gasteiger partial charge in [-0.2, -0.15) is 10.1 Å². The number of carbonyl (C=O) groups excluding carboxylic acids is 2. The first-order valence-electron chi connectivity index (χ1n) is 10.2. The Balaban J connectivity index is 1.50. The van der Waals surface area contributed by atoms with Crippen molar-refractivity contribution in [3.63, 3.8) is 0 Å². The number of nitrogens with two attached hydrogens (primary N) is 1. The third kappa shape index (κ3) is 4.70. The highest BCUT2D eigenvalue weighted by Crippen LogP contribution is 2.25. The summed E-state index contributed by atoms with van der Waals surface area (Å²) in [5, 5.41) is 5.19. The maximum atomic E-state index is 13.1. The molecule has 10 nitrogen and oxygen atoms in total. The van der Waals surface area contributed by atoms with Crippen LogP contribution in [0.2, 0.25) is 0 Å². The van der Waals surface area contributed by atoms with Crippen molar-refractivity contribution in [1.29, 1.82) is 0 Å². The van der Waals surface area contributed by atoms with Gasteiger partial charge in [0.25, 0.3) is 5.91 Å². The van der Waals surface area contributed by atoms with Crippen LogP contribution in [0.1, 0.15) is 26.5 Å². The Morgan fingerprint density at radius 3 is 2.24 bits per heavy atom. The molecular weight excluding hydrogens is 458 g/mol. The number of amides is 1. The predicted molar refractivity (Wildman–Crippen MR) is 123 cm³/mol. The van der Waals surface area contributed by atoms with E-state index in [2.05, 4.69) is 15.1 Å². The number of ether oxygens (including phenoxy) is 1. The van der Waals surface area contributed by atoms with Crippen LogP contribution in [0.5, 0.6) is 0 Å². The lowest BCUT2D eigenvalue weighted by molar-refractivity contribution is -0.0220. The van der Waals surface area contributed by atoms with Gasteiger partial charge >= 0.3 is 0 Å². The van der Waals surface area contributed by atoms with Crippen LogP contribution in [0, 0.1) is 5.92 Å². The molecule has 1 aliphatic rings. The van der Waals surface area contributed by atoms with Crippen LogP contribution >= 0.6 is 0 Å². The molecule has 174 valence electrons. The molecule has 11 heteroatoms. The van der Waals surface area contributed by atoms with Gasteiger partial charge in [-0.25, -0.2) is 18.4 Å². The third-order valence-electron chi connectivity index (χ3n) is 5.25. The van der Waals surface area contributed by atoms with Crippen LogP contribution in [0.15, 0.2) is 77.0 Å². The fourth-order valence-corrected chi connectivity index (χ4v) is 4.69. The molecule has 2 heterocycles. The van der Waals surface area contributed by atoms with E-state index in [1.807, 2.05) is 0 Å². The Hall–Kier alpha value is -3.96. The molecular formula is C23H21N5O5S. The number of sulfone groups is 1. The number of benzene rings is 2. The molecule has 1 aromatic heterocycles. The SMILES string of the molecule is COC1C(C(=O)c2ccc(S(=O)(=O)Cc3ncccn3)cc2)C=NN1C(=O)c1ccc(N)cc1. The number of nitrogen functional groups attached to an aromatic ring is 1. The van der Waals surface area contributed by atoms with Crippen molar-refractivity contribution in [3.05, 3.63) is 83.9 Å². The van der Waals surface area contributed by atoms with E-state index in [1.165, 1.54) is 50.0 Å². The van der Waals surface area contributed by atoms with Crippen molar-refractivity contribution < 1.29 is 22.7 Å². The zero-order valence-electron chi connectivity index (χ0n) is 18.1. The van der Waals surface area contributed by atoms with Gasteiger partial charge in [-0.05, 0) is 42.5 Å². The molecule has 1 aliphatic heterocycles. The molecule has 0 bridgehead atoms. The molecule has 0 aliphatic carbocycles. The van der Waals surface area contributed by atoms with Gasteiger partial charge in [0.1, 0.15) is 17.5 Å². The van der Waals surface area contributed by atoms with E-state index in [0.29, 0.717) is 11.3 Å². The number of nitrogens with zero attached hydrogens (tertiary/aromatic N) is 4. The number of rotatable bonds is 7. The number of hydrogen-bond donors (Lipinski definition) is 1. The fourth-order valence-electron chi connectivity index (χ4n) is 3.48. The summed E-state index contributed by atoms with van der Waals surface area (Å²) in [6.45, 7) is 0. The van der Waals surface area contributed by atoms with E-state index in [4.69, 9.17) is 10.5 Å². The van der Waals surface area contributed by atoms with Gasteiger partial charge < -0.3 is 10.5 Å². The molecule has 4 rings (SSSR count). The molecule has 2 unspecified atom stereocenters. The van der Waals surface area contributed by atoms with Crippen molar-refractivity contribution >= 4 is 33.4 Å². The van der Waals surface area contributed by atoms with Gasteiger partial charge in [-0.3, -0.25) is 9.59 Å². The van der Waals surface area contributed by atoms with E-state index < -0.39 is 27.9 Å². The maximum Gasteiger partial charge on any atom is 0.276 e. The summed E-state index contributed by atoms with van der Waals surface area (Å²) in [4.78, 5) is 33.9. The molecule has 0 saturated carbocycles. The van der Waals surface area contributed by atoms with Gasteiger partial charge in [-0.15, -0.1) is 0 Å². The summed E-state index contributed by atoms with van der Waals surface area (Å²) in [6, 6.07) is 13.5. The Bertz CT molecular complexity index is 1330. The Morgan fingerprint density at radius 2 is 1.62 bits per heavy atom. The van der Waals surface area contributed by atoms with Crippen LogP contribution in [0.4, 0.5) is 5.69 Å². The quantitative estimate of drug-likeness (QED) is 0.400. The van der Waals surface area contributed by atoms with Crippen molar-refractivity contribution in [2.45, 2.75) is 16.9 Å². The first kappa shape index (κ1) is 23.2. The monoisotopic (exact) mass is 479 g/mol. The van der Waals surface area contributed by atoms with Gasteiger partial charge in [-0.1, -0.05) is 12.1 Å². The molecule has 0 saturated heterocycles. The van der Waals surface area contributed by atoms with E-state index in [0.717, 1.165) is 5.01 Å². The molecule has 0 spiro atoms. The number of carbonyl (C=O) groups is 2. The van der Waals surface area contributed by atoms with Crippen LogP contribution in [-0.4, -0.2) is 54.6 Å². The minimum Gasteiger partial charge on any atom is -0.399 e. The average molecular weight is 480 g/mol. The second kappa shape index (κ2) is 9.49. The van der Waals surface area contributed by atoms with Crippen molar-refractivity contribution in [1.82, 2.24) is 15.0 Å². The summed E-state index contributed by atoms with van der Waals surface area (Å²) in [7, 11) is -2.31. The summed E-state index contributed by atoms with van der Waals surface area (Å²) in [5.74, 6) is -1.84. The van der Waals surface area contributed by atoms with E-state index in [-0.39, 0.29) is 27.8 Å². The van der Waals surface area contributed by atoms with Crippen LogP contribution < -0.4 is 5.73 Å². The zero-order chi connectivity index (χ0) is 24.3. The topological polar surface area (TPSA) is 145 Å². The minimum atomic E-state index is -3.69. The Kier molecular flexibility index (Phi) is 6.48. The average Bonchev–Trinajstić information content (AvgIpc) is 3.28. The van der Waals surface area contributed by atoms with E-state index in [1.54, 1.807) is 30.3 Å². The number of Topliss-reactive ketones (excluding diaryl/α,β-unsaturated/α-hetero) is 1. The number of methoxy groups -OCH3 is 1. The predicted octanol–water partition coefficient (Wildman–Crippen LogP) is 1.95. The largest absolute Gasteiger partial charge is 0.399 e. The lowest BCUT2D eigenvalue weighted by Crippen LogP contribution is -2.41. The van der Waals surface area contributed by atoms with Crippen molar-refractivity contribution in [2.24, 2.45) is 11.0 Å². The zero-order valence-corrected chi connectivity index (χ0v) is 18.9. The first-order chi connectivity index (χ1) is 16.3. The third-order valence-corrected chi connectivity index (χ3v) is 6.87. The number of anilines is 1. The number of ketones is 1. The van der Waals surface area contributed by atoms with Gasteiger partial charge in [0.2, 0.25) is 0 Å². The highest BCUT2D eigenvalue weighted by molar-refractivity contribution is 7.90. The minimum absolute atomic E-state index is 0.0417. The Morgan fingerprint density at radius 1 is 1.00 bits per heavy atom. The smallest absolute Gasteiger partial charge is 0.276 e. The summed E-state index contributed by atoms with van der Waals surface area (Å²) < 4.78 is 30.7. The molecule has 2 atom stereocenters. The molecule has 2 aromatic carbocycles. The molecule has 0 radical (unpaired) electrons. The summed E-state index contributed by atoms with van der Waals surface area (Å²) in [6.07, 6.45) is 3.34. The van der Waals surface area contributed by atoms with Crippen LogP contribution in [-0.2, 0) is 20.3 Å². The highest BCUT2D eigenvalue weighted by atomic mass is 32.2. The van der Waals surface area contributed by atoms with Crippen molar-refractivity contribution in [3.8, 4) is 0 Å². The number of hydrogen-bond acceptors (Lipinski definition) is 9. The molecule has 2 N–H and O–H groups in total. The summed E-state index contributed by atoms with van der Waals surface area (Å²) in [5.41, 5.74) is 6.79. The van der Waals surface area contributed by atoms with Crippen LogP contribution in [0.3, 0.4) is 0 Å². The maximum absolute atomic E-state index is 13.1. The van der Waals surface area contributed by atoms with Crippen molar-refractivity contribution in [2.75, 3.05) is 12.8 Å². The lowest BCUT2D eigenvalue weighted by Gasteiger charge is -2.24. The molecule has 1 amide bonds. The standard InChI is InChI=1S/C23H21N5O5S/c1-33-23-19(13-27-28(23)22(30)16-3-7-17(24)8-4-16)21(29)15-5-9-18(10-6-15)34(31,32)14-20-25-11-2-12-26-20/h2-13,19,23H,14,24H2,1H3. The van der Waals surface area contributed by atoms with Gasteiger partial charge in [0.05, 0.1) is 4.90 Å². The normalized spacial score (nSPS) is 17.6. The first-order valence-corrected chi connectivity index (χ1v) is 11.8. The second-order valence-electron chi connectivity index (χ2n) is 7.50. The summed E-state index contributed by atoms with van der Waals surface area (Å²) >= 11 is 0. The number of aromatic nitrogens is 2. The Labute approximate surface area is 196 Å². The number of hydrazone groups is 1. The molecule has 3 aromatic rings. The molecule has 0 fully saturated rings. The van der Waals surface area contributed by atoms with Crippen LogP contribution in [0.25, 0.3) is 0 Å². The van der Waals surface area contributed by atoms with Gasteiger partial charge in [0, 0.05) is 42.5 Å². The fraction of sp³-hybridized carbons (Fsp3) is 0.174. The molecule has 34 heavy (non-hydrogen) atoms. The lowest BCUT2D eigenvalue weighted by atomic mass is 9.97. The van der Waals surface area contributed by atoms with E-state index in [9.17, 15) is 18.0 Å². The van der Waals surface area contributed by atoms with Gasteiger partial charge in [0.15, 0.2) is 21.8 Å².